The highest BCUT2D eigenvalue weighted by atomic mass is 16.5. The van der Waals surface area contributed by atoms with Gasteiger partial charge in [0.05, 0.1) is 0 Å². The molecule has 0 spiro atoms. The van der Waals surface area contributed by atoms with Gasteiger partial charge < -0.3 is 10.2 Å². The number of ketones is 1. The highest BCUT2D eigenvalue weighted by molar-refractivity contribution is 5.83. The van der Waals surface area contributed by atoms with Crippen LogP contribution in [0.4, 0.5) is 0 Å². The molecule has 4 nitrogen and oxygen atoms in total. The Morgan fingerprint density at radius 2 is 1.92 bits per heavy atom. The van der Waals surface area contributed by atoms with Crippen LogP contribution in [0, 0.1) is 17.3 Å². The van der Waals surface area contributed by atoms with Gasteiger partial charge in [-0.1, -0.05) is 57.9 Å². The summed E-state index contributed by atoms with van der Waals surface area (Å²) in [5.41, 5.74) is 0.307. The normalized spacial score (nSPS) is 22.0. The Labute approximate surface area is 158 Å². The molecular formula is C22H35O4. The summed E-state index contributed by atoms with van der Waals surface area (Å²) in [7, 11) is 0. The molecule has 4 heteroatoms. The zero-order chi connectivity index (χ0) is 19.6. The molecule has 1 aliphatic rings. The van der Waals surface area contributed by atoms with Gasteiger partial charge in [-0.2, -0.15) is 0 Å². The van der Waals surface area contributed by atoms with Gasteiger partial charge in [0.1, 0.15) is 5.78 Å². The number of Topliss-reactive ketones (excluding diaryl/α,β-unsaturated/α-hetero) is 1. The second-order valence-electron chi connectivity index (χ2n) is 8.34. The van der Waals surface area contributed by atoms with Gasteiger partial charge in [0.15, 0.2) is 0 Å². The average Bonchev–Trinajstić information content (AvgIpc) is 2.93. The van der Waals surface area contributed by atoms with E-state index in [9.17, 15) is 9.59 Å². The molecule has 1 rings (SSSR count). The molecule has 0 bridgehead atoms. The van der Waals surface area contributed by atoms with Crippen LogP contribution in [0.5, 0.6) is 0 Å². The summed E-state index contributed by atoms with van der Waals surface area (Å²) >= 11 is 0. The molecule has 0 saturated heterocycles. The second kappa shape index (κ2) is 10.8. The van der Waals surface area contributed by atoms with E-state index in [-0.39, 0.29) is 12.3 Å². The lowest BCUT2D eigenvalue weighted by atomic mass is 9.83. The third-order valence-electron chi connectivity index (χ3n) is 5.30. The summed E-state index contributed by atoms with van der Waals surface area (Å²) in [4.78, 5) is 22.5. The molecule has 26 heavy (non-hydrogen) atoms. The fraction of sp³-hybridized carbons (Fsp3) is 0.727. The molecule has 0 aromatic carbocycles. The smallest absolute Gasteiger partial charge is 0.262 e. The van der Waals surface area contributed by atoms with E-state index in [0.717, 1.165) is 12.8 Å². The summed E-state index contributed by atoms with van der Waals surface area (Å²) < 4.78 is 0. The van der Waals surface area contributed by atoms with Crippen LogP contribution in [0.25, 0.3) is 0 Å². The van der Waals surface area contributed by atoms with Gasteiger partial charge >= 0.3 is 0 Å². The summed E-state index contributed by atoms with van der Waals surface area (Å²) in [5, 5.41) is 18.3. The highest BCUT2D eigenvalue weighted by Crippen LogP contribution is 2.34. The highest BCUT2D eigenvalue weighted by Gasteiger charge is 2.32. The third kappa shape index (κ3) is 8.41. The van der Waals surface area contributed by atoms with Crippen LogP contribution in [0.2, 0.25) is 0 Å². The standard InChI is InChI=1S/C22H35O4/c1-4-5-14-21(2,3)15-9-10-18-12-13-20(24)19(18)11-7-6-8-16-22(25,26)17-23/h6-7,9-10,18-19,25-26H,4-5,8,11-16H2,1-3H3/b7-6-,10-9+/t18-,19+/m0/s1. The molecular weight excluding hydrogens is 328 g/mol. The van der Waals surface area contributed by atoms with E-state index in [1.807, 2.05) is 6.08 Å². The third-order valence-corrected chi connectivity index (χ3v) is 5.30. The minimum Gasteiger partial charge on any atom is -0.359 e. The maximum absolute atomic E-state index is 12.2. The molecule has 1 fully saturated rings. The van der Waals surface area contributed by atoms with E-state index in [1.165, 1.54) is 25.5 Å². The van der Waals surface area contributed by atoms with E-state index in [0.29, 0.717) is 36.4 Å². The monoisotopic (exact) mass is 363 g/mol. The average molecular weight is 364 g/mol. The molecule has 0 aromatic heterocycles. The summed E-state index contributed by atoms with van der Waals surface area (Å²) in [6.45, 7) is 6.81. The van der Waals surface area contributed by atoms with Crippen molar-refractivity contribution in [3.8, 4) is 0 Å². The van der Waals surface area contributed by atoms with Crippen LogP contribution < -0.4 is 0 Å². The van der Waals surface area contributed by atoms with Crippen molar-refractivity contribution in [3.05, 3.63) is 24.3 Å². The second-order valence-corrected chi connectivity index (χ2v) is 8.34. The van der Waals surface area contributed by atoms with Crippen molar-refractivity contribution in [2.24, 2.45) is 17.3 Å². The molecule has 1 radical (unpaired) electrons. The van der Waals surface area contributed by atoms with Crippen LogP contribution in [-0.4, -0.2) is 28.1 Å². The molecule has 147 valence electrons. The number of carbonyl (C=O) groups excluding carboxylic acids is 2. The van der Waals surface area contributed by atoms with Gasteiger partial charge in [-0.15, -0.1) is 0 Å². The zero-order valence-electron chi connectivity index (χ0n) is 16.5. The van der Waals surface area contributed by atoms with Crippen molar-refractivity contribution < 1.29 is 19.8 Å². The number of rotatable bonds is 12. The van der Waals surface area contributed by atoms with Gasteiger partial charge in [-0.05, 0) is 43.4 Å². The van der Waals surface area contributed by atoms with Gasteiger partial charge in [0, 0.05) is 18.8 Å². The van der Waals surface area contributed by atoms with Gasteiger partial charge in [-0.25, -0.2) is 0 Å². The molecule has 2 atom stereocenters. The Morgan fingerprint density at radius 3 is 2.58 bits per heavy atom. The van der Waals surface area contributed by atoms with Crippen molar-refractivity contribution in [3.63, 3.8) is 0 Å². The van der Waals surface area contributed by atoms with Gasteiger partial charge in [-0.3, -0.25) is 9.59 Å². The topological polar surface area (TPSA) is 74.6 Å². The lowest BCUT2D eigenvalue weighted by Crippen LogP contribution is -2.29. The molecule has 2 N–H and O–H groups in total. The van der Waals surface area contributed by atoms with E-state index in [1.54, 1.807) is 6.08 Å². The number of aliphatic hydroxyl groups is 2. The Hall–Kier alpha value is -1.26. The molecule has 0 heterocycles. The van der Waals surface area contributed by atoms with Gasteiger partial charge in [0.2, 0.25) is 5.79 Å². The van der Waals surface area contributed by atoms with Gasteiger partial charge in [0.25, 0.3) is 6.29 Å². The number of hydrogen-bond acceptors (Lipinski definition) is 4. The molecule has 1 aliphatic carbocycles. The van der Waals surface area contributed by atoms with Crippen molar-refractivity contribution in [1.82, 2.24) is 0 Å². The molecule has 0 aromatic rings. The predicted molar refractivity (Wildman–Crippen MR) is 104 cm³/mol. The summed E-state index contributed by atoms with van der Waals surface area (Å²) in [6.07, 6.45) is 16.6. The Kier molecular flexibility index (Phi) is 9.45. The van der Waals surface area contributed by atoms with Crippen molar-refractivity contribution in [2.45, 2.75) is 84.3 Å². The number of hydrogen-bond donors (Lipinski definition) is 2. The molecule has 0 aliphatic heterocycles. The van der Waals surface area contributed by atoms with Crippen LogP contribution in [0.1, 0.15) is 78.6 Å². The van der Waals surface area contributed by atoms with E-state index >= 15 is 0 Å². The number of allylic oxidation sites excluding steroid dienone is 4. The SMILES string of the molecule is CCCCC(C)(C)C/C=C/[C@H]1CCC(=O)[C@@H]1C/C=C\CCC(O)(O)[C]=O. The Balaban J connectivity index is 2.47. The lowest BCUT2D eigenvalue weighted by Gasteiger charge is -2.23. The van der Waals surface area contributed by atoms with Crippen molar-refractivity contribution in [1.29, 1.82) is 0 Å². The molecule has 0 unspecified atom stereocenters. The van der Waals surface area contributed by atoms with E-state index < -0.39 is 5.79 Å². The Morgan fingerprint density at radius 1 is 1.19 bits per heavy atom. The number of unbranched alkanes of at least 4 members (excludes halogenated alkanes) is 1. The van der Waals surface area contributed by atoms with Crippen LogP contribution in [0.15, 0.2) is 24.3 Å². The zero-order valence-corrected chi connectivity index (χ0v) is 16.5. The fourth-order valence-corrected chi connectivity index (χ4v) is 3.49. The largest absolute Gasteiger partial charge is 0.359 e. The fourth-order valence-electron chi connectivity index (χ4n) is 3.49. The van der Waals surface area contributed by atoms with E-state index in [2.05, 4.69) is 32.9 Å². The molecule has 1 saturated carbocycles. The first-order valence-electron chi connectivity index (χ1n) is 9.89. The number of carbonyl (C=O) groups is 1. The maximum atomic E-state index is 12.2. The molecule has 0 amide bonds. The first-order chi connectivity index (χ1) is 12.2. The quantitative estimate of drug-likeness (QED) is 0.401. The lowest BCUT2D eigenvalue weighted by molar-refractivity contribution is -0.120. The van der Waals surface area contributed by atoms with Crippen LogP contribution >= 0.6 is 0 Å². The van der Waals surface area contributed by atoms with Crippen molar-refractivity contribution in [2.75, 3.05) is 0 Å². The summed E-state index contributed by atoms with van der Waals surface area (Å²) in [5.74, 6) is -1.74. The van der Waals surface area contributed by atoms with Crippen LogP contribution in [0.3, 0.4) is 0 Å². The van der Waals surface area contributed by atoms with Crippen molar-refractivity contribution >= 4 is 12.1 Å². The Bertz CT molecular complexity index is 502. The summed E-state index contributed by atoms with van der Waals surface area (Å²) in [6, 6.07) is 0. The minimum absolute atomic E-state index is 0.0203. The maximum Gasteiger partial charge on any atom is 0.262 e. The minimum atomic E-state index is -2.37. The predicted octanol–water partition coefficient (Wildman–Crippen LogP) is 4.26. The van der Waals surface area contributed by atoms with Crippen LogP contribution in [-0.2, 0) is 9.59 Å². The van der Waals surface area contributed by atoms with E-state index in [4.69, 9.17) is 10.2 Å². The first-order valence-corrected chi connectivity index (χ1v) is 9.89. The first kappa shape index (κ1) is 22.8.